The highest BCUT2D eigenvalue weighted by Gasteiger charge is 2.04. The molecule has 0 aliphatic heterocycles. The van der Waals surface area contributed by atoms with Gasteiger partial charge in [0.15, 0.2) is 0 Å². The van der Waals surface area contributed by atoms with Gasteiger partial charge in [0.05, 0.1) is 30.1 Å². The number of para-hydroxylation sites is 1. The van der Waals surface area contributed by atoms with Crippen molar-refractivity contribution in [2.45, 2.75) is 6.92 Å². The quantitative estimate of drug-likeness (QED) is 0.579. The normalized spacial score (nSPS) is 11.4. The maximum absolute atomic E-state index is 11.5. The molecular weight excluding hydrogens is 392 g/mol. The summed E-state index contributed by atoms with van der Waals surface area (Å²) in [6.45, 7) is 2.77. The van der Waals surface area contributed by atoms with Crippen LogP contribution in [0.5, 0.6) is 0 Å². The fourth-order valence-corrected chi connectivity index (χ4v) is 3.11. The third-order valence-corrected chi connectivity index (χ3v) is 4.62. The van der Waals surface area contributed by atoms with Crippen LogP contribution in [0.4, 0.5) is 5.69 Å². The summed E-state index contributed by atoms with van der Waals surface area (Å²) < 4.78 is 5.70. The van der Waals surface area contributed by atoms with Gasteiger partial charge < -0.3 is 10.1 Å². The van der Waals surface area contributed by atoms with Crippen molar-refractivity contribution in [2.75, 3.05) is 19.0 Å². The molecular formula is C21H19BrN2O2. The molecule has 0 aliphatic rings. The van der Waals surface area contributed by atoms with Gasteiger partial charge in [-0.3, -0.25) is 4.98 Å². The molecule has 2 aromatic carbocycles. The van der Waals surface area contributed by atoms with Crippen LogP contribution in [0, 0.1) is 0 Å². The van der Waals surface area contributed by atoms with Crippen LogP contribution in [0.25, 0.3) is 17.0 Å². The lowest BCUT2D eigenvalue weighted by Gasteiger charge is -2.08. The second-order valence-electron chi connectivity index (χ2n) is 5.99. The maximum Gasteiger partial charge on any atom is 0.337 e. The van der Waals surface area contributed by atoms with Gasteiger partial charge in [-0.2, -0.15) is 0 Å². The first-order chi connectivity index (χ1) is 12.6. The summed E-state index contributed by atoms with van der Waals surface area (Å²) >= 11 is 3.52. The minimum atomic E-state index is -0.325. The monoisotopic (exact) mass is 410 g/mol. The van der Waals surface area contributed by atoms with Gasteiger partial charge in [0, 0.05) is 16.4 Å². The van der Waals surface area contributed by atoms with Crippen molar-refractivity contribution in [3.05, 3.63) is 75.9 Å². The summed E-state index contributed by atoms with van der Waals surface area (Å²) in [6, 6.07) is 15.5. The average molecular weight is 411 g/mol. The van der Waals surface area contributed by atoms with Crippen molar-refractivity contribution < 1.29 is 9.53 Å². The van der Waals surface area contributed by atoms with Crippen LogP contribution >= 0.6 is 15.9 Å². The molecule has 0 bridgehead atoms. The molecule has 4 nitrogen and oxygen atoms in total. The van der Waals surface area contributed by atoms with E-state index in [1.165, 1.54) is 12.7 Å². The van der Waals surface area contributed by atoms with Gasteiger partial charge in [0.1, 0.15) is 0 Å². The predicted molar refractivity (Wildman–Crippen MR) is 109 cm³/mol. The minimum Gasteiger partial charge on any atom is -0.465 e. The first kappa shape index (κ1) is 18.1. The molecule has 0 spiro atoms. The average Bonchev–Trinajstić information content (AvgIpc) is 2.66. The maximum atomic E-state index is 11.5. The fourth-order valence-electron chi connectivity index (χ4n) is 2.63. The Balaban J connectivity index is 1.67. The van der Waals surface area contributed by atoms with Crippen LogP contribution in [0.15, 0.2) is 64.8 Å². The van der Waals surface area contributed by atoms with Crippen molar-refractivity contribution in [2.24, 2.45) is 0 Å². The minimum absolute atomic E-state index is 0.325. The molecule has 26 heavy (non-hydrogen) atoms. The predicted octanol–water partition coefficient (Wildman–Crippen LogP) is 5.30. The number of fused-ring (bicyclic) bond motifs is 1. The van der Waals surface area contributed by atoms with Crippen molar-refractivity contribution in [3.8, 4) is 0 Å². The summed E-state index contributed by atoms with van der Waals surface area (Å²) in [7, 11) is 1.38. The Kier molecular flexibility index (Phi) is 5.68. The number of pyridine rings is 1. The summed E-state index contributed by atoms with van der Waals surface area (Å²) in [5, 5.41) is 4.48. The summed E-state index contributed by atoms with van der Waals surface area (Å²) in [4.78, 5) is 16.0. The Morgan fingerprint density at radius 2 is 2.00 bits per heavy atom. The van der Waals surface area contributed by atoms with E-state index in [0.717, 1.165) is 26.6 Å². The Labute approximate surface area is 161 Å². The van der Waals surface area contributed by atoms with Gasteiger partial charge in [0.25, 0.3) is 0 Å². The number of ether oxygens (including phenoxy) is 1. The van der Waals surface area contributed by atoms with Gasteiger partial charge in [-0.05, 0) is 52.7 Å². The zero-order chi connectivity index (χ0) is 18.5. The molecule has 0 amide bonds. The summed E-state index contributed by atoms with van der Waals surface area (Å²) in [5.41, 5.74) is 4.69. The Bertz CT molecular complexity index is 965. The van der Waals surface area contributed by atoms with E-state index < -0.39 is 0 Å². The van der Waals surface area contributed by atoms with E-state index in [0.29, 0.717) is 12.1 Å². The molecule has 5 heteroatoms. The Morgan fingerprint density at radius 1 is 1.23 bits per heavy atom. The van der Waals surface area contributed by atoms with Crippen molar-refractivity contribution in [3.63, 3.8) is 0 Å². The zero-order valence-corrected chi connectivity index (χ0v) is 16.2. The number of halogens is 1. The first-order valence-electron chi connectivity index (χ1n) is 8.20. The van der Waals surface area contributed by atoms with Gasteiger partial charge in [0.2, 0.25) is 0 Å². The standard InChI is InChI=1S/C21H19BrN2O2/c1-14(10-15-6-8-16(9-7-15)21(25)26-2)12-23-18-11-17-4-3-5-19(22)20(17)24-13-18/h3-11,13,23H,12H2,1-2H3/b14-10+. The number of benzene rings is 2. The second kappa shape index (κ2) is 8.15. The highest BCUT2D eigenvalue weighted by molar-refractivity contribution is 9.10. The third-order valence-electron chi connectivity index (χ3n) is 3.98. The SMILES string of the molecule is COC(=O)c1ccc(/C=C(\C)CNc2cnc3c(Br)cccc3c2)cc1. The number of aromatic nitrogens is 1. The van der Waals surface area contributed by atoms with Crippen molar-refractivity contribution in [1.82, 2.24) is 4.98 Å². The summed E-state index contributed by atoms with van der Waals surface area (Å²) in [5.74, 6) is -0.325. The number of carbonyl (C=O) groups excluding carboxylic acids is 1. The van der Waals surface area contributed by atoms with Gasteiger partial charge in [-0.1, -0.05) is 35.9 Å². The smallest absolute Gasteiger partial charge is 0.337 e. The first-order valence-corrected chi connectivity index (χ1v) is 9.00. The molecule has 0 unspecified atom stereocenters. The molecule has 0 saturated heterocycles. The van der Waals surface area contributed by atoms with Crippen molar-refractivity contribution >= 4 is 44.6 Å². The molecule has 3 rings (SSSR count). The number of carbonyl (C=O) groups is 1. The lowest BCUT2D eigenvalue weighted by molar-refractivity contribution is 0.0600. The molecule has 0 atom stereocenters. The highest BCUT2D eigenvalue weighted by Crippen LogP contribution is 2.24. The van der Waals surface area contributed by atoms with Crippen LogP contribution in [0.3, 0.4) is 0 Å². The number of nitrogens with one attached hydrogen (secondary N) is 1. The van der Waals surface area contributed by atoms with Crippen LogP contribution in [0.2, 0.25) is 0 Å². The van der Waals surface area contributed by atoms with E-state index in [2.05, 4.69) is 45.3 Å². The number of esters is 1. The second-order valence-corrected chi connectivity index (χ2v) is 6.85. The van der Waals surface area contributed by atoms with E-state index in [1.807, 2.05) is 36.5 Å². The van der Waals surface area contributed by atoms with E-state index in [1.54, 1.807) is 12.1 Å². The van der Waals surface area contributed by atoms with Crippen LogP contribution in [-0.2, 0) is 4.74 Å². The molecule has 0 fully saturated rings. The molecule has 3 aromatic rings. The Hall–Kier alpha value is -2.66. The number of hydrogen-bond acceptors (Lipinski definition) is 4. The molecule has 1 aromatic heterocycles. The number of hydrogen-bond donors (Lipinski definition) is 1. The third kappa shape index (κ3) is 4.29. The molecule has 0 aliphatic carbocycles. The number of anilines is 1. The van der Waals surface area contributed by atoms with Gasteiger partial charge in [-0.25, -0.2) is 4.79 Å². The van der Waals surface area contributed by atoms with E-state index in [-0.39, 0.29) is 5.97 Å². The van der Waals surface area contributed by atoms with Crippen LogP contribution in [0.1, 0.15) is 22.8 Å². The summed E-state index contributed by atoms with van der Waals surface area (Å²) in [6.07, 6.45) is 3.92. The number of rotatable bonds is 5. The molecule has 1 N–H and O–H groups in total. The van der Waals surface area contributed by atoms with E-state index in [4.69, 9.17) is 4.74 Å². The topological polar surface area (TPSA) is 51.2 Å². The number of methoxy groups -OCH3 is 1. The molecule has 0 radical (unpaired) electrons. The number of nitrogens with zero attached hydrogens (tertiary/aromatic N) is 1. The Morgan fingerprint density at radius 3 is 2.73 bits per heavy atom. The highest BCUT2D eigenvalue weighted by atomic mass is 79.9. The molecule has 0 saturated carbocycles. The van der Waals surface area contributed by atoms with E-state index >= 15 is 0 Å². The van der Waals surface area contributed by atoms with E-state index in [9.17, 15) is 4.79 Å². The molecule has 132 valence electrons. The lowest BCUT2D eigenvalue weighted by Crippen LogP contribution is -2.03. The zero-order valence-electron chi connectivity index (χ0n) is 14.6. The van der Waals surface area contributed by atoms with Crippen molar-refractivity contribution in [1.29, 1.82) is 0 Å². The van der Waals surface area contributed by atoms with Gasteiger partial charge >= 0.3 is 5.97 Å². The van der Waals surface area contributed by atoms with Crippen LogP contribution in [-0.4, -0.2) is 24.6 Å². The molecule has 1 heterocycles. The lowest BCUT2D eigenvalue weighted by atomic mass is 10.1. The van der Waals surface area contributed by atoms with Gasteiger partial charge in [-0.15, -0.1) is 0 Å². The largest absolute Gasteiger partial charge is 0.465 e. The van der Waals surface area contributed by atoms with Crippen LogP contribution < -0.4 is 5.32 Å². The fraction of sp³-hybridized carbons (Fsp3) is 0.143.